The van der Waals surface area contributed by atoms with Gasteiger partial charge in [-0.05, 0) is 6.07 Å². The number of nitrogens with one attached hydrogen (secondary N) is 1. The summed E-state index contributed by atoms with van der Waals surface area (Å²) in [5.74, 6) is -0.137. The van der Waals surface area contributed by atoms with E-state index in [1.165, 1.54) is 6.20 Å². The van der Waals surface area contributed by atoms with Gasteiger partial charge in [-0.2, -0.15) is 0 Å². The van der Waals surface area contributed by atoms with Crippen LogP contribution in [0.2, 0.25) is 5.02 Å². The minimum atomic E-state index is -0.137. The summed E-state index contributed by atoms with van der Waals surface area (Å²) in [7, 11) is 0. The Balaban J connectivity index is 2.66. The molecule has 0 unspecified atom stereocenters. The van der Waals surface area contributed by atoms with E-state index in [9.17, 15) is 4.79 Å². The molecule has 1 N–H and O–H groups in total. The number of amides is 1. The lowest BCUT2D eigenvalue weighted by molar-refractivity contribution is 0.0961. The second-order valence-electron chi connectivity index (χ2n) is 2.30. The van der Waals surface area contributed by atoms with Crippen molar-refractivity contribution in [1.82, 2.24) is 10.3 Å². The second kappa shape index (κ2) is 2.20. The number of carbonyl (C=O) groups excluding carboxylic acids is 1. The number of rotatable bonds is 0. The van der Waals surface area contributed by atoms with Gasteiger partial charge in [0.2, 0.25) is 0 Å². The van der Waals surface area contributed by atoms with Crippen LogP contribution in [-0.2, 0) is 6.54 Å². The predicted molar refractivity (Wildman–Crippen MR) is 40.4 cm³/mol. The Hall–Kier alpha value is -1.09. The van der Waals surface area contributed by atoms with Crippen molar-refractivity contribution in [3.8, 4) is 0 Å². The van der Waals surface area contributed by atoms with Gasteiger partial charge in [0, 0.05) is 23.3 Å². The highest BCUT2D eigenvalue weighted by atomic mass is 35.5. The van der Waals surface area contributed by atoms with Crippen LogP contribution < -0.4 is 5.32 Å². The third-order valence-electron chi connectivity index (χ3n) is 1.64. The van der Waals surface area contributed by atoms with E-state index >= 15 is 0 Å². The standard InChI is InChI=1S/C7H5ClN2O/c8-5-1-2-9-6-4(5)3-10-7(6)11/h1-2H,3H2,(H,10,11). The van der Waals surface area contributed by atoms with Crippen LogP contribution in [0.4, 0.5) is 0 Å². The van der Waals surface area contributed by atoms with Crippen LogP contribution in [0.3, 0.4) is 0 Å². The molecule has 3 nitrogen and oxygen atoms in total. The number of hydrogen-bond donors (Lipinski definition) is 1. The zero-order chi connectivity index (χ0) is 7.84. The molecule has 0 aromatic carbocycles. The van der Waals surface area contributed by atoms with Crippen LogP contribution >= 0.6 is 11.6 Å². The summed E-state index contributed by atoms with van der Waals surface area (Å²) in [6.07, 6.45) is 1.53. The lowest BCUT2D eigenvalue weighted by Crippen LogP contribution is -2.13. The summed E-state index contributed by atoms with van der Waals surface area (Å²) in [5, 5.41) is 3.24. The minimum Gasteiger partial charge on any atom is -0.346 e. The molecule has 0 saturated carbocycles. The summed E-state index contributed by atoms with van der Waals surface area (Å²) in [4.78, 5) is 14.9. The van der Waals surface area contributed by atoms with Crippen LogP contribution in [0.15, 0.2) is 12.3 Å². The Morgan fingerprint density at radius 3 is 3.18 bits per heavy atom. The van der Waals surface area contributed by atoms with Crippen molar-refractivity contribution in [3.05, 3.63) is 28.5 Å². The second-order valence-corrected chi connectivity index (χ2v) is 2.71. The third kappa shape index (κ3) is 0.886. The first-order valence-electron chi connectivity index (χ1n) is 3.20. The summed E-state index contributed by atoms with van der Waals surface area (Å²) in [6.45, 7) is 0.501. The average Bonchev–Trinajstić information content (AvgIpc) is 2.35. The first kappa shape index (κ1) is 6.61. The van der Waals surface area contributed by atoms with Gasteiger partial charge in [0.05, 0.1) is 0 Å². The number of halogens is 1. The quantitative estimate of drug-likeness (QED) is 0.628. The molecule has 11 heavy (non-hydrogen) atoms. The van der Waals surface area contributed by atoms with Gasteiger partial charge in [0.15, 0.2) is 0 Å². The van der Waals surface area contributed by atoms with E-state index in [0.29, 0.717) is 17.3 Å². The lowest BCUT2D eigenvalue weighted by atomic mass is 10.2. The fraction of sp³-hybridized carbons (Fsp3) is 0.143. The number of pyridine rings is 1. The summed E-state index contributed by atoms with van der Waals surface area (Å²) in [6, 6.07) is 1.68. The van der Waals surface area contributed by atoms with E-state index < -0.39 is 0 Å². The Labute approximate surface area is 68.4 Å². The van der Waals surface area contributed by atoms with Crippen molar-refractivity contribution >= 4 is 17.5 Å². The summed E-state index contributed by atoms with van der Waals surface area (Å²) in [5.41, 5.74) is 1.26. The first-order chi connectivity index (χ1) is 5.29. The monoisotopic (exact) mass is 168 g/mol. The SMILES string of the molecule is O=C1NCc2c(Cl)ccnc21. The molecule has 0 fully saturated rings. The van der Waals surface area contributed by atoms with Crippen LogP contribution in [0.25, 0.3) is 0 Å². The average molecular weight is 169 g/mol. The van der Waals surface area contributed by atoms with Crippen molar-refractivity contribution in [2.75, 3.05) is 0 Å². The molecule has 0 bridgehead atoms. The first-order valence-corrected chi connectivity index (χ1v) is 3.58. The predicted octanol–water partition coefficient (Wildman–Crippen LogP) is 0.978. The Bertz CT molecular complexity index is 324. The maximum Gasteiger partial charge on any atom is 0.270 e. The van der Waals surface area contributed by atoms with Crippen LogP contribution in [-0.4, -0.2) is 10.9 Å². The highest BCUT2D eigenvalue weighted by Crippen LogP contribution is 2.21. The molecule has 1 aromatic rings. The molecule has 2 rings (SSSR count). The van der Waals surface area contributed by atoms with Crippen molar-refractivity contribution in [3.63, 3.8) is 0 Å². The molecular formula is C7H5ClN2O. The Morgan fingerprint density at radius 2 is 2.45 bits per heavy atom. The molecule has 0 atom stereocenters. The number of aromatic nitrogens is 1. The van der Waals surface area contributed by atoms with Gasteiger partial charge in [0.25, 0.3) is 5.91 Å². The molecule has 56 valence electrons. The zero-order valence-corrected chi connectivity index (χ0v) is 6.35. The van der Waals surface area contributed by atoms with Gasteiger partial charge in [-0.15, -0.1) is 0 Å². The highest BCUT2D eigenvalue weighted by molar-refractivity contribution is 6.32. The number of nitrogens with zero attached hydrogens (tertiary/aromatic N) is 1. The largest absolute Gasteiger partial charge is 0.346 e. The molecule has 1 aliphatic rings. The Kier molecular flexibility index (Phi) is 1.32. The minimum absolute atomic E-state index is 0.137. The van der Waals surface area contributed by atoms with E-state index in [-0.39, 0.29) is 5.91 Å². The molecule has 0 radical (unpaired) electrons. The smallest absolute Gasteiger partial charge is 0.270 e. The third-order valence-corrected chi connectivity index (χ3v) is 1.99. The Morgan fingerprint density at radius 1 is 1.64 bits per heavy atom. The fourth-order valence-corrected chi connectivity index (χ4v) is 1.30. The molecule has 1 amide bonds. The number of carbonyl (C=O) groups is 1. The topological polar surface area (TPSA) is 42.0 Å². The van der Waals surface area contributed by atoms with E-state index in [4.69, 9.17) is 11.6 Å². The molecule has 2 heterocycles. The number of hydrogen-bond acceptors (Lipinski definition) is 2. The molecule has 0 spiro atoms. The van der Waals surface area contributed by atoms with E-state index in [1.54, 1.807) is 6.07 Å². The molecule has 0 saturated heterocycles. The van der Waals surface area contributed by atoms with Gasteiger partial charge in [0.1, 0.15) is 5.69 Å². The molecule has 1 aliphatic heterocycles. The van der Waals surface area contributed by atoms with Gasteiger partial charge in [-0.25, -0.2) is 0 Å². The van der Waals surface area contributed by atoms with Gasteiger partial charge >= 0.3 is 0 Å². The lowest BCUT2D eigenvalue weighted by Gasteiger charge is -1.94. The van der Waals surface area contributed by atoms with Gasteiger partial charge in [-0.1, -0.05) is 11.6 Å². The van der Waals surface area contributed by atoms with Gasteiger partial charge in [-0.3, -0.25) is 9.78 Å². The zero-order valence-electron chi connectivity index (χ0n) is 5.60. The number of fused-ring (bicyclic) bond motifs is 1. The molecule has 0 aliphatic carbocycles. The van der Waals surface area contributed by atoms with Crippen LogP contribution in [0.1, 0.15) is 16.1 Å². The molecule has 1 aromatic heterocycles. The van der Waals surface area contributed by atoms with Crippen LogP contribution in [0, 0.1) is 0 Å². The maximum absolute atomic E-state index is 11.0. The highest BCUT2D eigenvalue weighted by Gasteiger charge is 2.21. The van der Waals surface area contributed by atoms with Gasteiger partial charge < -0.3 is 5.32 Å². The van der Waals surface area contributed by atoms with E-state index in [2.05, 4.69) is 10.3 Å². The van der Waals surface area contributed by atoms with Crippen molar-refractivity contribution in [2.24, 2.45) is 0 Å². The molecular weight excluding hydrogens is 164 g/mol. The van der Waals surface area contributed by atoms with E-state index in [1.807, 2.05) is 0 Å². The van der Waals surface area contributed by atoms with Crippen molar-refractivity contribution in [1.29, 1.82) is 0 Å². The summed E-state index contributed by atoms with van der Waals surface area (Å²) < 4.78 is 0. The summed E-state index contributed by atoms with van der Waals surface area (Å²) >= 11 is 5.80. The molecule has 4 heteroatoms. The van der Waals surface area contributed by atoms with Crippen molar-refractivity contribution in [2.45, 2.75) is 6.54 Å². The van der Waals surface area contributed by atoms with E-state index in [0.717, 1.165) is 5.56 Å². The maximum atomic E-state index is 11.0. The van der Waals surface area contributed by atoms with Crippen LogP contribution in [0.5, 0.6) is 0 Å². The van der Waals surface area contributed by atoms with Crippen molar-refractivity contribution < 1.29 is 4.79 Å². The normalized spacial score (nSPS) is 14.5. The fourth-order valence-electron chi connectivity index (χ4n) is 1.09.